The van der Waals surface area contributed by atoms with Gasteiger partial charge in [-0.15, -0.1) is 0 Å². The maximum atomic E-state index is 6.11. The van der Waals surface area contributed by atoms with Gasteiger partial charge in [-0.2, -0.15) is 0 Å². The number of aryl methyl sites for hydroxylation is 1. The van der Waals surface area contributed by atoms with Crippen LogP contribution in [0.5, 0.6) is 0 Å². The molecule has 0 unspecified atom stereocenters. The van der Waals surface area contributed by atoms with Crippen LogP contribution in [0.4, 0.5) is 0 Å². The topological polar surface area (TPSA) is 53.6 Å². The summed E-state index contributed by atoms with van der Waals surface area (Å²) in [7, 11) is 0. The fraction of sp³-hybridized carbons (Fsp3) is 0.429. The molecular formula is C14H19ClN4. The summed E-state index contributed by atoms with van der Waals surface area (Å²) in [4.78, 5) is 11.9. The zero-order valence-electron chi connectivity index (χ0n) is 11.1. The van der Waals surface area contributed by atoms with E-state index in [4.69, 9.17) is 11.6 Å². The zero-order chi connectivity index (χ0) is 13.5. The van der Waals surface area contributed by atoms with Gasteiger partial charge in [0.2, 0.25) is 0 Å². The minimum Gasteiger partial charge on any atom is -0.344 e. The molecule has 0 saturated heterocycles. The molecule has 0 spiro atoms. The first kappa shape index (κ1) is 14.0. The van der Waals surface area contributed by atoms with Crippen LogP contribution in [-0.2, 0) is 19.5 Å². The molecule has 0 amide bonds. The average Bonchev–Trinajstić information content (AvgIpc) is 2.78. The molecule has 2 N–H and O–H groups in total. The molecule has 0 saturated carbocycles. The number of aromatic nitrogens is 3. The normalized spacial score (nSPS) is 10.8. The molecule has 0 aliphatic carbocycles. The Morgan fingerprint density at radius 1 is 1.32 bits per heavy atom. The fourth-order valence-corrected chi connectivity index (χ4v) is 2.05. The van der Waals surface area contributed by atoms with E-state index in [9.17, 15) is 0 Å². The van der Waals surface area contributed by atoms with E-state index in [1.807, 2.05) is 18.2 Å². The van der Waals surface area contributed by atoms with Gasteiger partial charge >= 0.3 is 0 Å². The molecule has 2 aromatic heterocycles. The van der Waals surface area contributed by atoms with Gasteiger partial charge in [0.15, 0.2) is 5.15 Å². The highest BCUT2D eigenvalue weighted by atomic mass is 35.5. The van der Waals surface area contributed by atoms with E-state index in [-0.39, 0.29) is 0 Å². The summed E-state index contributed by atoms with van der Waals surface area (Å²) in [6.45, 7) is 3.56. The molecule has 2 rings (SSSR count). The van der Waals surface area contributed by atoms with E-state index in [1.54, 1.807) is 6.20 Å². The number of rotatable bonds is 7. The predicted molar refractivity (Wildman–Crippen MR) is 77.0 cm³/mol. The van der Waals surface area contributed by atoms with E-state index in [0.29, 0.717) is 11.7 Å². The third kappa shape index (κ3) is 4.33. The van der Waals surface area contributed by atoms with E-state index in [1.165, 1.54) is 0 Å². The Morgan fingerprint density at radius 3 is 2.95 bits per heavy atom. The van der Waals surface area contributed by atoms with Crippen LogP contribution in [0.25, 0.3) is 0 Å². The van der Waals surface area contributed by atoms with Crippen molar-refractivity contribution in [3.05, 3.63) is 46.8 Å². The third-order valence-electron chi connectivity index (χ3n) is 2.88. The van der Waals surface area contributed by atoms with Crippen LogP contribution < -0.4 is 5.32 Å². The highest BCUT2D eigenvalue weighted by molar-refractivity contribution is 6.30. The molecule has 0 fully saturated rings. The second-order valence-electron chi connectivity index (χ2n) is 4.48. The summed E-state index contributed by atoms with van der Waals surface area (Å²) in [5.41, 5.74) is 1.97. The van der Waals surface area contributed by atoms with Crippen molar-refractivity contribution in [3.8, 4) is 0 Å². The van der Waals surface area contributed by atoms with Gasteiger partial charge in [-0.25, -0.2) is 4.98 Å². The summed E-state index contributed by atoms with van der Waals surface area (Å²) in [5, 5.41) is 3.88. The Kier molecular flexibility index (Phi) is 5.36. The third-order valence-corrected chi connectivity index (χ3v) is 3.19. The van der Waals surface area contributed by atoms with Crippen LogP contribution in [0.2, 0.25) is 5.15 Å². The summed E-state index contributed by atoms with van der Waals surface area (Å²) in [6.07, 6.45) is 5.04. The number of unbranched alkanes of at least 4 members (excludes halogenated alkanes) is 1. The Balaban J connectivity index is 1.84. The van der Waals surface area contributed by atoms with Gasteiger partial charge in [0.25, 0.3) is 0 Å². The molecule has 4 nitrogen and oxygen atoms in total. The number of imidazole rings is 1. The van der Waals surface area contributed by atoms with Gasteiger partial charge in [-0.05, 0) is 18.6 Å². The van der Waals surface area contributed by atoms with Crippen LogP contribution >= 0.6 is 11.6 Å². The standard InChI is InChI=1S/C14H19ClN4/c1-2-3-7-13-18-12(14(15)19-13)10-16-9-11-6-4-5-8-17-11/h4-6,8,16H,2-3,7,9-10H2,1H3,(H,18,19). The summed E-state index contributed by atoms with van der Waals surface area (Å²) < 4.78 is 0. The van der Waals surface area contributed by atoms with Crippen molar-refractivity contribution in [3.63, 3.8) is 0 Å². The smallest absolute Gasteiger partial charge is 0.151 e. The first-order valence-corrected chi connectivity index (χ1v) is 7.01. The van der Waals surface area contributed by atoms with Crippen molar-refractivity contribution in [2.45, 2.75) is 39.3 Å². The van der Waals surface area contributed by atoms with Gasteiger partial charge in [0.05, 0.1) is 11.4 Å². The minimum absolute atomic E-state index is 0.569. The first-order valence-electron chi connectivity index (χ1n) is 6.63. The Bertz CT molecular complexity index is 495. The largest absolute Gasteiger partial charge is 0.344 e. The lowest BCUT2D eigenvalue weighted by Gasteiger charge is -2.02. The second kappa shape index (κ2) is 7.26. The van der Waals surface area contributed by atoms with E-state index in [0.717, 1.165) is 43.0 Å². The van der Waals surface area contributed by atoms with Crippen LogP contribution in [0.1, 0.15) is 37.0 Å². The zero-order valence-corrected chi connectivity index (χ0v) is 11.9. The van der Waals surface area contributed by atoms with Crippen LogP contribution in [0, 0.1) is 0 Å². The quantitative estimate of drug-likeness (QED) is 0.818. The van der Waals surface area contributed by atoms with E-state index in [2.05, 4.69) is 27.2 Å². The number of hydrogen-bond donors (Lipinski definition) is 2. The molecule has 5 heteroatoms. The van der Waals surface area contributed by atoms with Gasteiger partial charge < -0.3 is 10.3 Å². The van der Waals surface area contributed by atoms with Crippen molar-refractivity contribution in [2.24, 2.45) is 0 Å². The van der Waals surface area contributed by atoms with Crippen molar-refractivity contribution in [1.82, 2.24) is 20.3 Å². The van der Waals surface area contributed by atoms with Gasteiger partial charge in [-0.1, -0.05) is 31.0 Å². The number of pyridine rings is 1. The predicted octanol–water partition coefficient (Wildman–Crippen LogP) is 3.09. The van der Waals surface area contributed by atoms with Crippen molar-refractivity contribution in [1.29, 1.82) is 0 Å². The SMILES string of the molecule is CCCCc1nc(Cl)c(CNCc2ccccn2)[nH]1. The maximum absolute atomic E-state index is 6.11. The lowest BCUT2D eigenvalue weighted by molar-refractivity contribution is 0.667. The second-order valence-corrected chi connectivity index (χ2v) is 4.84. The van der Waals surface area contributed by atoms with Gasteiger partial charge in [-0.3, -0.25) is 4.98 Å². The highest BCUT2D eigenvalue weighted by Gasteiger charge is 2.07. The average molecular weight is 279 g/mol. The van der Waals surface area contributed by atoms with Gasteiger partial charge in [0.1, 0.15) is 5.82 Å². The Labute approximate surface area is 118 Å². The van der Waals surface area contributed by atoms with Crippen molar-refractivity contribution < 1.29 is 0 Å². The van der Waals surface area contributed by atoms with Crippen LogP contribution in [0.3, 0.4) is 0 Å². The molecular weight excluding hydrogens is 260 g/mol. The molecule has 0 atom stereocenters. The molecule has 0 radical (unpaired) electrons. The van der Waals surface area contributed by atoms with E-state index >= 15 is 0 Å². The summed E-state index contributed by atoms with van der Waals surface area (Å²) >= 11 is 6.11. The monoisotopic (exact) mass is 278 g/mol. The number of nitrogens with zero attached hydrogens (tertiary/aromatic N) is 2. The first-order chi connectivity index (χ1) is 9.29. The molecule has 0 aliphatic rings. The lowest BCUT2D eigenvalue weighted by Crippen LogP contribution is -2.14. The lowest BCUT2D eigenvalue weighted by atomic mass is 10.2. The summed E-state index contributed by atoms with van der Waals surface area (Å²) in [6, 6.07) is 5.89. The van der Waals surface area contributed by atoms with Crippen LogP contribution in [0.15, 0.2) is 24.4 Å². The molecule has 2 aromatic rings. The van der Waals surface area contributed by atoms with Gasteiger partial charge in [0, 0.05) is 25.7 Å². The fourth-order valence-electron chi connectivity index (χ4n) is 1.84. The van der Waals surface area contributed by atoms with Crippen molar-refractivity contribution in [2.75, 3.05) is 0 Å². The molecule has 2 heterocycles. The van der Waals surface area contributed by atoms with E-state index < -0.39 is 0 Å². The molecule has 0 aromatic carbocycles. The number of halogens is 1. The van der Waals surface area contributed by atoms with Crippen molar-refractivity contribution >= 4 is 11.6 Å². The molecule has 0 aliphatic heterocycles. The Hall–Kier alpha value is -1.39. The Morgan fingerprint density at radius 2 is 2.21 bits per heavy atom. The van der Waals surface area contributed by atoms with Crippen LogP contribution in [-0.4, -0.2) is 15.0 Å². The summed E-state index contributed by atoms with van der Waals surface area (Å²) in [5.74, 6) is 0.974. The number of nitrogens with one attached hydrogen (secondary N) is 2. The molecule has 19 heavy (non-hydrogen) atoms. The molecule has 0 bridgehead atoms. The number of H-pyrrole nitrogens is 1. The number of aromatic amines is 1. The highest BCUT2D eigenvalue weighted by Crippen LogP contribution is 2.14. The maximum Gasteiger partial charge on any atom is 0.151 e. The molecule has 102 valence electrons. The minimum atomic E-state index is 0.569. The number of hydrogen-bond acceptors (Lipinski definition) is 3.